The van der Waals surface area contributed by atoms with Crippen LogP contribution in [0.3, 0.4) is 0 Å². The highest BCUT2D eigenvalue weighted by molar-refractivity contribution is 5.29. The molecule has 0 radical (unpaired) electrons. The van der Waals surface area contributed by atoms with Crippen molar-refractivity contribution in [3.05, 3.63) is 28.4 Å². The molecule has 0 amide bonds. The SMILES string of the molecule is CC(C)Cn1cc(C#CCCN=[N+]=[N-])cn1. The summed E-state index contributed by atoms with van der Waals surface area (Å²) in [4.78, 5) is 2.66. The first-order chi connectivity index (χ1) is 7.72. The Hall–Kier alpha value is -1.92. The molecule has 5 heteroatoms. The molecule has 16 heavy (non-hydrogen) atoms. The van der Waals surface area contributed by atoms with Gasteiger partial charge in [-0.1, -0.05) is 30.8 Å². The van der Waals surface area contributed by atoms with Crippen molar-refractivity contribution in [1.82, 2.24) is 9.78 Å². The van der Waals surface area contributed by atoms with E-state index in [1.54, 1.807) is 6.20 Å². The molecule has 0 spiro atoms. The van der Waals surface area contributed by atoms with Crippen LogP contribution in [0.5, 0.6) is 0 Å². The van der Waals surface area contributed by atoms with Gasteiger partial charge in [0.15, 0.2) is 0 Å². The minimum Gasteiger partial charge on any atom is -0.271 e. The van der Waals surface area contributed by atoms with Gasteiger partial charge >= 0.3 is 0 Å². The Kier molecular flexibility index (Phi) is 4.97. The Morgan fingerprint density at radius 1 is 1.62 bits per heavy atom. The van der Waals surface area contributed by atoms with E-state index in [0.29, 0.717) is 18.9 Å². The van der Waals surface area contributed by atoms with Crippen LogP contribution in [0.1, 0.15) is 25.8 Å². The lowest BCUT2D eigenvalue weighted by Gasteiger charge is -2.02. The van der Waals surface area contributed by atoms with E-state index in [1.807, 2.05) is 10.9 Å². The predicted octanol–water partition coefficient (Wildman–Crippen LogP) is 2.59. The maximum Gasteiger partial charge on any atom is 0.0646 e. The van der Waals surface area contributed by atoms with E-state index in [2.05, 4.69) is 40.8 Å². The zero-order chi connectivity index (χ0) is 11.8. The van der Waals surface area contributed by atoms with Gasteiger partial charge in [-0.05, 0) is 11.4 Å². The molecule has 0 saturated heterocycles. The Balaban J connectivity index is 2.47. The summed E-state index contributed by atoms with van der Waals surface area (Å²) in [6.45, 7) is 5.61. The Bertz CT molecular complexity index is 429. The molecule has 0 aliphatic rings. The fourth-order valence-corrected chi connectivity index (χ4v) is 1.22. The van der Waals surface area contributed by atoms with Gasteiger partial charge in [-0.3, -0.25) is 4.68 Å². The van der Waals surface area contributed by atoms with Gasteiger partial charge in [-0.25, -0.2) is 0 Å². The normalized spacial score (nSPS) is 9.44. The van der Waals surface area contributed by atoms with E-state index >= 15 is 0 Å². The minimum atomic E-state index is 0.420. The van der Waals surface area contributed by atoms with E-state index in [9.17, 15) is 0 Å². The standard InChI is InChI=1S/C11H15N5/c1-10(2)8-16-9-11(7-14-16)5-3-4-6-13-15-12/h7,9-10H,4,6,8H2,1-2H3. The summed E-state index contributed by atoms with van der Waals surface area (Å²) in [5.74, 6) is 6.49. The largest absolute Gasteiger partial charge is 0.271 e. The van der Waals surface area contributed by atoms with Crippen LogP contribution in [0.4, 0.5) is 0 Å². The van der Waals surface area contributed by atoms with Gasteiger partial charge < -0.3 is 0 Å². The van der Waals surface area contributed by atoms with E-state index in [4.69, 9.17) is 5.53 Å². The van der Waals surface area contributed by atoms with Crippen molar-refractivity contribution in [2.45, 2.75) is 26.8 Å². The van der Waals surface area contributed by atoms with Gasteiger partial charge in [0.1, 0.15) is 0 Å². The van der Waals surface area contributed by atoms with Crippen molar-refractivity contribution in [2.75, 3.05) is 6.54 Å². The van der Waals surface area contributed by atoms with Crippen molar-refractivity contribution in [3.63, 3.8) is 0 Å². The van der Waals surface area contributed by atoms with E-state index in [-0.39, 0.29) is 0 Å². The smallest absolute Gasteiger partial charge is 0.0646 e. The zero-order valence-electron chi connectivity index (χ0n) is 9.59. The Labute approximate surface area is 95.1 Å². The second-order valence-corrected chi connectivity index (χ2v) is 3.85. The summed E-state index contributed by atoms with van der Waals surface area (Å²) in [5, 5.41) is 7.61. The zero-order valence-corrected chi connectivity index (χ0v) is 9.59. The predicted molar refractivity (Wildman–Crippen MR) is 62.6 cm³/mol. The van der Waals surface area contributed by atoms with Gasteiger partial charge in [0.2, 0.25) is 0 Å². The van der Waals surface area contributed by atoms with Gasteiger partial charge in [0, 0.05) is 30.6 Å². The molecule has 0 aliphatic heterocycles. The molecule has 0 saturated carbocycles. The Morgan fingerprint density at radius 3 is 3.12 bits per heavy atom. The molecule has 0 N–H and O–H groups in total. The van der Waals surface area contributed by atoms with E-state index in [0.717, 1.165) is 12.1 Å². The Morgan fingerprint density at radius 2 is 2.44 bits per heavy atom. The number of nitrogens with zero attached hydrogens (tertiary/aromatic N) is 5. The molecular weight excluding hydrogens is 202 g/mol. The molecule has 1 rings (SSSR count). The van der Waals surface area contributed by atoms with Crippen LogP contribution in [0, 0.1) is 17.8 Å². The van der Waals surface area contributed by atoms with E-state index < -0.39 is 0 Å². The van der Waals surface area contributed by atoms with Crippen LogP contribution in [0.15, 0.2) is 17.5 Å². The number of hydrogen-bond donors (Lipinski definition) is 0. The monoisotopic (exact) mass is 217 g/mol. The van der Waals surface area contributed by atoms with Gasteiger partial charge in [0.05, 0.1) is 11.8 Å². The fraction of sp³-hybridized carbons (Fsp3) is 0.545. The summed E-state index contributed by atoms with van der Waals surface area (Å²) in [6.07, 6.45) is 4.27. The molecule has 1 aromatic rings. The molecule has 1 aromatic heterocycles. The van der Waals surface area contributed by atoms with Crippen LogP contribution in [-0.2, 0) is 6.54 Å². The van der Waals surface area contributed by atoms with Crippen LogP contribution in [0.25, 0.3) is 10.4 Å². The quantitative estimate of drug-likeness (QED) is 0.251. The first-order valence-electron chi connectivity index (χ1n) is 5.24. The lowest BCUT2D eigenvalue weighted by molar-refractivity contribution is 0.483. The van der Waals surface area contributed by atoms with Crippen molar-refractivity contribution in [3.8, 4) is 11.8 Å². The van der Waals surface area contributed by atoms with Crippen molar-refractivity contribution >= 4 is 0 Å². The van der Waals surface area contributed by atoms with Crippen LogP contribution < -0.4 is 0 Å². The molecule has 0 unspecified atom stereocenters. The first-order valence-corrected chi connectivity index (χ1v) is 5.24. The molecular formula is C11H15N5. The van der Waals surface area contributed by atoms with Gasteiger partial charge in [-0.2, -0.15) is 5.10 Å². The average molecular weight is 217 g/mol. The third kappa shape index (κ3) is 4.54. The van der Waals surface area contributed by atoms with Crippen molar-refractivity contribution in [2.24, 2.45) is 11.0 Å². The molecule has 0 aromatic carbocycles. The molecule has 5 nitrogen and oxygen atoms in total. The number of rotatable bonds is 4. The molecule has 1 heterocycles. The highest BCUT2D eigenvalue weighted by Crippen LogP contribution is 2.00. The third-order valence-electron chi connectivity index (χ3n) is 1.82. The van der Waals surface area contributed by atoms with E-state index in [1.165, 1.54) is 0 Å². The summed E-state index contributed by atoms with van der Waals surface area (Å²) >= 11 is 0. The third-order valence-corrected chi connectivity index (χ3v) is 1.82. The molecule has 0 aliphatic carbocycles. The second-order valence-electron chi connectivity index (χ2n) is 3.85. The number of aromatic nitrogens is 2. The molecule has 0 atom stereocenters. The van der Waals surface area contributed by atoms with Gasteiger partial charge in [0.25, 0.3) is 0 Å². The summed E-state index contributed by atoms with van der Waals surface area (Å²) in [5.41, 5.74) is 8.97. The number of hydrogen-bond acceptors (Lipinski definition) is 2. The van der Waals surface area contributed by atoms with Crippen molar-refractivity contribution in [1.29, 1.82) is 0 Å². The summed E-state index contributed by atoms with van der Waals surface area (Å²) in [6, 6.07) is 0. The topological polar surface area (TPSA) is 66.6 Å². The second kappa shape index (κ2) is 6.54. The highest BCUT2D eigenvalue weighted by atomic mass is 15.3. The lowest BCUT2D eigenvalue weighted by atomic mass is 10.2. The lowest BCUT2D eigenvalue weighted by Crippen LogP contribution is -2.03. The van der Waals surface area contributed by atoms with Crippen LogP contribution >= 0.6 is 0 Å². The fourth-order valence-electron chi connectivity index (χ4n) is 1.22. The molecule has 0 fully saturated rings. The van der Waals surface area contributed by atoms with Gasteiger partial charge in [-0.15, -0.1) is 0 Å². The average Bonchev–Trinajstić information content (AvgIpc) is 2.64. The van der Waals surface area contributed by atoms with Crippen LogP contribution in [0.2, 0.25) is 0 Å². The molecule has 84 valence electrons. The molecule has 0 bridgehead atoms. The number of azide groups is 1. The first kappa shape index (κ1) is 12.2. The maximum atomic E-state index is 8.07. The maximum absolute atomic E-state index is 8.07. The minimum absolute atomic E-state index is 0.420. The highest BCUT2D eigenvalue weighted by Gasteiger charge is 1.97. The van der Waals surface area contributed by atoms with Crippen molar-refractivity contribution < 1.29 is 0 Å². The summed E-state index contributed by atoms with van der Waals surface area (Å²) < 4.78 is 1.89. The van der Waals surface area contributed by atoms with Crippen LogP contribution in [-0.4, -0.2) is 16.3 Å². The summed E-state index contributed by atoms with van der Waals surface area (Å²) in [7, 11) is 0.